The van der Waals surface area contributed by atoms with Gasteiger partial charge in [-0.15, -0.1) is 0 Å². The molecule has 0 spiro atoms. The van der Waals surface area contributed by atoms with E-state index in [0.29, 0.717) is 12.2 Å². The number of carboxylic acids is 1. The molecule has 0 saturated heterocycles. The van der Waals surface area contributed by atoms with E-state index >= 15 is 0 Å². The molecule has 3 nitrogen and oxygen atoms in total. The lowest BCUT2D eigenvalue weighted by molar-refractivity contribution is 0.0697. The van der Waals surface area contributed by atoms with Crippen molar-refractivity contribution in [3.8, 4) is 5.75 Å². The second-order valence-corrected chi connectivity index (χ2v) is 9.74. The molecule has 0 fully saturated rings. The third-order valence-electron chi connectivity index (χ3n) is 6.36. The van der Waals surface area contributed by atoms with Gasteiger partial charge in [0.2, 0.25) is 0 Å². The molecule has 0 heterocycles. The highest BCUT2D eigenvalue weighted by atomic mass is 16.5. The summed E-state index contributed by atoms with van der Waals surface area (Å²) in [5.74, 6) is 0.110. The lowest BCUT2D eigenvalue weighted by atomic mass is 9.62. The van der Waals surface area contributed by atoms with E-state index in [0.717, 1.165) is 29.7 Å². The van der Waals surface area contributed by atoms with E-state index in [1.807, 2.05) is 18.2 Å². The third kappa shape index (κ3) is 4.30. The summed E-state index contributed by atoms with van der Waals surface area (Å²) in [5.41, 5.74) is 6.55. The maximum Gasteiger partial charge on any atom is 0.335 e. The molecule has 1 aliphatic carbocycles. The van der Waals surface area contributed by atoms with Gasteiger partial charge >= 0.3 is 5.97 Å². The average molecular weight is 407 g/mol. The molecule has 1 aliphatic rings. The fraction of sp³-hybridized carbons (Fsp3) is 0.444. The summed E-state index contributed by atoms with van der Waals surface area (Å²) in [5, 5.41) is 9.11. The van der Waals surface area contributed by atoms with E-state index in [-0.39, 0.29) is 10.8 Å². The fourth-order valence-corrected chi connectivity index (χ4v) is 4.37. The number of aromatic carboxylic acids is 1. The topological polar surface area (TPSA) is 46.5 Å². The first-order valence-corrected chi connectivity index (χ1v) is 10.9. The molecule has 0 aliphatic heterocycles. The summed E-state index contributed by atoms with van der Waals surface area (Å²) < 4.78 is 6.40. The van der Waals surface area contributed by atoms with Crippen LogP contribution in [0.4, 0.5) is 0 Å². The smallest absolute Gasteiger partial charge is 0.335 e. The van der Waals surface area contributed by atoms with Crippen molar-refractivity contribution in [2.75, 3.05) is 6.61 Å². The number of rotatable bonds is 6. The lowest BCUT2D eigenvalue weighted by Gasteiger charge is -2.43. The van der Waals surface area contributed by atoms with Crippen LogP contribution in [0.1, 0.15) is 92.1 Å². The number of hydrogen-bond donors (Lipinski definition) is 1. The SMILES string of the molecule is CCCOc1c(/C=C/c2ccc(C(=O)O)cc2)c(C)cc2c1C(C)(C)CCC2(C)C. The van der Waals surface area contributed by atoms with Crippen LogP contribution in [0.25, 0.3) is 12.2 Å². The van der Waals surface area contributed by atoms with Gasteiger partial charge in [0.05, 0.1) is 12.2 Å². The normalized spacial score (nSPS) is 17.0. The van der Waals surface area contributed by atoms with E-state index in [1.165, 1.54) is 23.1 Å². The number of fused-ring (bicyclic) bond motifs is 1. The summed E-state index contributed by atoms with van der Waals surface area (Å²) in [6, 6.07) is 9.31. The molecule has 0 atom stereocenters. The van der Waals surface area contributed by atoms with Crippen molar-refractivity contribution in [1.82, 2.24) is 0 Å². The van der Waals surface area contributed by atoms with Gasteiger partial charge in [-0.2, -0.15) is 0 Å². The van der Waals surface area contributed by atoms with Crippen LogP contribution in [0.2, 0.25) is 0 Å². The van der Waals surface area contributed by atoms with Crippen molar-refractivity contribution in [1.29, 1.82) is 0 Å². The minimum absolute atomic E-state index is 0.0629. The lowest BCUT2D eigenvalue weighted by Crippen LogP contribution is -2.34. The molecule has 1 N–H and O–H groups in total. The standard InChI is InChI=1S/C27H34O3/c1-7-16-30-24-21(13-10-19-8-11-20(12-9-19)25(28)29)18(2)17-22-23(24)27(5,6)15-14-26(22,3)4/h8-13,17H,7,14-16H2,1-6H3,(H,28,29)/b13-10+. The Labute approximate surface area is 180 Å². The van der Waals surface area contributed by atoms with E-state index in [1.54, 1.807) is 12.1 Å². The first-order chi connectivity index (χ1) is 14.1. The van der Waals surface area contributed by atoms with Crippen LogP contribution >= 0.6 is 0 Å². The van der Waals surface area contributed by atoms with Crippen LogP contribution in [0.15, 0.2) is 30.3 Å². The van der Waals surface area contributed by atoms with Gasteiger partial charge in [0.15, 0.2) is 0 Å². The third-order valence-corrected chi connectivity index (χ3v) is 6.36. The maximum absolute atomic E-state index is 11.1. The van der Waals surface area contributed by atoms with Crippen molar-refractivity contribution in [3.63, 3.8) is 0 Å². The molecule has 0 unspecified atom stereocenters. The quantitative estimate of drug-likeness (QED) is 0.525. The Morgan fingerprint density at radius 3 is 2.30 bits per heavy atom. The van der Waals surface area contributed by atoms with Crippen LogP contribution in [0, 0.1) is 6.92 Å². The van der Waals surface area contributed by atoms with Gasteiger partial charge in [-0.1, -0.05) is 65.0 Å². The molecule has 3 heteroatoms. The number of benzene rings is 2. The van der Waals surface area contributed by atoms with E-state index in [9.17, 15) is 4.79 Å². The summed E-state index contributed by atoms with van der Waals surface area (Å²) in [6.07, 6.45) is 7.43. The van der Waals surface area contributed by atoms with Crippen LogP contribution in [-0.4, -0.2) is 17.7 Å². The molecule has 30 heavy (non-hydrogen) atoms. The summed E-state index contributed by atoms with van der Waals surface area (Å²) >= 11 is 0. The number of carbonyl (C=O) groups is 1. The highest BCUT2D eigenvalue weighted by Gasteiger charge is 2.40. The minimum atomic E-state index is -0.906. The van der Waals surface area contributed by atoms with Crippen LogP contribution in [0.5, 0.6) is 5.75 Å². The van der Waals surface area contributed by atoms with E-state index < -0.39 is 5.97 Å². The molecule has 160 valence electrons. The van der Waals surface area contributed by atoms with Gasteiger partial charge in [0.25, 0.3) is 0 Å². The van der Waals surface area contributed by atoms with Gasteiger partial charge < -0.3 is 9.84 Å². The molecular formula is C27H34O3. The van der Waals surface area contributed by atoms with Crippen LogP contribution in [-0.2, 0) is 10.8 Å². The summed E-state index contributed by atoms with van der Waals surface area (Å²) in [4.78, 5) is 11.1. The Balaban J connectivity index is 2.13. The highest BCUT2D eigenvalue weighted by Crippen LogP contribution is 2.51. The average Bonchev–Trinajstić information content (AvgIpc) is 2.69. The van der Waals surface area contributed by atoms with Gasteiger partial charge in [-0.05, 0) is 65.8 Å². The zero-order chi connectivity index (χ0) is 22.1. The number of hydrogen-bond acceptors (Lipinski definition) is 2. The number of carboxylic acid groups (broad SMARTS) is 1. The second kappa shape index (κ2) is 8.29. The molecule has 2 aromatic carbocycles. The van der Waals surface area contributed by atoms with Crippen LogP contribution in [0.3, 0.4) is 0 Å². The Morgan fingerprint density at radius 1 is 1.07 bits per heavy atom. The largest absolute Gasteiger partial charge is 0.493 e. The molecule has 2 aromatic rings. The van der Waals surface area contributed by atoms with E-state index in [2.05, 4.69) is 53.7 Å². The Morgan fingerprint density at radius 2 is 1.70 bits per heavy atom. The molecule has 0 radical (unpaired) electrons. The minimum Gasteiger partial charge on any atom is -0.493 e. The summed E-state index contributed by atoms with van der Waals surface area (Å²) in [6.45, 7) is 14.3. The fourth-order valence-electron chi connectivity index (χ4n) is 4.37. The predicted octanol–water partition coefficient (Wildman–Crippen LogP) is 7.00. The number of aryl methyl sites for hydroxylation is 1. The van der Waals surface area contributed by atoms with Gasteiger partial charge in [0.1, 0.15) is 5.75 Å². The van der Waals surface area contributed by atoms with Crippen molar-refractivity contribution in [2.45, 2.75) is 71.6 Å². The van der Waals surface area contributed by atoms with Crippen molar-refractivity contribution >= 4 is 18.1 Å². The first-order valence-electron chi connectivity index (χ1n) is 10.9. The zero-order valence-corrected chi connectivity index (χ0v) is 19.1. The van der Waals surface area contributed by atoms with Crippen LogP contribution < -0.4 is 4.74 Å². The molecule has 3 rings (SSSR count). The Bertz CT molecular complexity index is 963. The van der Waals surface area contributed by atoms with Gasteiger partial charge in [-0.3, -0.25) is 0 Å². The zero-order valence-electron chi connectivity index (χ0n) is 19.1. The molecule has 0 aromatic heterocycles. The highest BCUT2D eigenvalue weighted by molar-refractivity contribution is 5.88. The van der Waals surface area contributed by atoms with E-state index in [4.69, 9.17) is 9.84 Å². The first kappa shape index (κ1) is 22.1. The van der Waals surface area contributed by atoms with Crippen molar-refractivity contribution in [3.05, 3.63) is 63.7 Å². The Kier molecular flexibility index (Phi) is 6.12. The van der Waals surface area contributed by atoms with Crippen molar-refractivity contribution in [2.24, 2.45) is 0 Å². The van der Waals surface area contributed by atoms with Gasteiger partial charge in [-0.25, -0.2) is 4.79 Å². The van der Waals surface area contributed by atoms with Gasteiger partial charge in [0, 0.05) is 11.1 Å². The molecule has 0 amide bonds. The predicted molar refractivity (Wildman–Crippen MR) is 125 cm³/mol. The molecular weight excluding hydrogens is 372 g/mol. The number of ether oxygens (including phenoxy) is 1. The maximum atomic E-state index is 11.1. The second-order valence-electron chi connectivity index (χ2n) is 9.74. The molecule has 0 bridgehead atoms. The monoisotopic (exact) mass is 406 g/mol. The van der Waals surface area contributed by atoms with Crippen molar-refractivity contribution < 1.29 is 14.6 Å². The molecule has 0 saturated carbocycles. The Hall–Kier alpha value is -2.55. The summed E-state index contributed by atoms with van der Waals surface area (Å²) in [7, 11) is 0.